The van der Waals surface area contributed by atoms with Crippen LogP contribution in [-0.2, 0) is 9.13 Å². The Morgan fingerprint density at radius 1 is 1.36 bits per heavy atom. The predicted octanol–water partition coefficient (Wildman–Crippen LogP) is 1.31. The first-order valence-electron chi connectivity index (χ1n) is 2.78. The first-order valence-corrected chi connectivity index (χ1v) is 3.54. The molecule has 0 radical (unpaired) electrons. The molecule has 0 saturated heterocycles. The van der Waals surface area contributed by atoms with Crippen molar-refractivity contribution < 1.29 is 4.79 Å². The summed E-state index contributed by atoms with van der Waals surface area (Å²) in [6.45, 7) is 0. The zero-order chi connectivity index (χ0) is 8.32. The van der Waals surface area contributed by atoms with Crippen molar-refractivity contribution in [2.75, 3.05) is 0 Å². The lowest BCUT2D eigenvalue weighted by atomic mass is 10.4. The second-order valence-electron chi connectivity index (χ2n) is 1.81. The lowest BCUT2D eigenvalue weighted by Crippen LogP contribution is -2.15. The van der Waals surface area contributed by atoms with Crippen molar-refractivity contribution in [3.8, 4) is 0 Å². The lowest BCUT2D eigenvalue weighted by molar-refractivity contribution is -0.108. The topological polar surface area (TPSA) is 42.9 Å². The maximum absolute atomic E-state index is 10.3. The SMILES string of the molecule is O=CC(Cl)(Cl)c1ncccn1. The number of carbonyl (C=O) groups is 1. The second kappa shape index (κ2) is 3.15. The van der Waals surface area contributed by atoms with E-state index in [-0.39, 0.29) is 5.82 Å². The number of aromatic nitrogens is 2. The molecule has 0 aliphatic carbocycles. The normalized spacial score (nSPS) is 11.1. The molecule has 58 valence electrons. The molecule has 3 nitrogen and oxygen atoms in total. The Bertz CT molecular complexity index is 250. The van der Waals surface area contributed by atoms with E-state index < -0.39 is 4.33 Å². The van der Waals surface area contributed by atoms with E-state index in [2.05, 4.69) is 9.97 Å². The predicted molar refractivity (Wildman–Crippen MR) is 41.5 cm³/mol. The third-order valence-electron chi connectivity index (χ3n) is 1.01. The van der Waals surface area contributed by atoms with E-state index in [0.29, 0.717) is 6.29 Å². The van der Waals surface area contributed by atoms with Gasteiger partial charge in [-0.05, 0) is 6.07 Å². The fourth-order valence-corrected chi connectivity index (χ4v) is 0.719. The van der Waals surface area contributed by atoms with E-state index in [0.717, 1.165) is 0 Å². The van der Waals surface area contributed by atoms with Crippen LogP contribution in [0.4, 0.5) is 0 Å². The summed E-state index contributed by atoms with van der Waals surface area (Å²) in [5, 5.41) is 0. The summed E-state index contributed by atoms with van der Waals surface area (Å²) in [7, 11) is 0. The van der Waals surface area contributed by atoms with Crippen molar-refractivity contribution in [2.24, 2.45) is 0 Å². The second-order valence-corrected chi connectivity index (χ2v) is 3.20. The van der Waals surface area contributed by atoms with Gasteiger partial charge in [-0.2, -0.15) is 0 Å². The van der Waals surface area contributed by atoms with E-state index in [1.165, 1.54) is 12.4 Å². The first kappa shape index (κ1) is 8.43. The highest BCUT2D eigenvalue weighted by Gasteiger charge is 2.28. The molecule has 0 aliphatic heterocycles. The molecule has 0 amide bonds. The molecule has 5 heteroatoms. The maximum Gasteiger partial charge on any atom is 0.231 e. The molecule has 1 aromatic heterocycles. The fourth-order valence-electron chi connectivity index (χ4n) is 0.524. The van der Waals surface area contributed by atoms with Crippen LogP contribution in [0.5, 0.6) is 0 Å². The molecule has 0 aromatic carbocycles. The molecule has 0 saturated carbocycles. The number of hydrogen-bond donors (Lipinski definition) is 0. The molecule has 1 aromatic rings. The van der Waals surface area contributed by atoms with Crippen LogP contribution in [0.2, 0.25) is 0 Å². The number of rotatable bonds is 2. The van der Waals surface area contributed by atoms with Crippen molar-refractivity contribution in [2.45, 2.75) is 4.33 Å². The van der Waals surface area contributed by atoms with Gasteiger partial charge in [-0.3, -0.25) is 4.79 Å². The van der Waals surface area contributed by atoms with E-state index in [4.69, 9.17) is 23.2 Å². The number of carbonyl (C=O) groups excluding carboxylic acids is 1. The highest BCUT2D eigenvalue weighted by molar-refractivity contribution is 6.54. The molecule has 1 heterocycles. The molecule has 0 aliphatic rings. The standard InChI is InChI=1S/C6H4Cl2N2O/c7-6(8,4-11)5-9-2-1-3-10-5/h1-4H. The van der Waals surface area contributed by atoms with Gasteiger partial charge in [0.2, 0.25) is 4.33 Å². The minimum absolute atomic E-state index is 0.0957. The van der Waals surface area contributed by atoms with Gasteiger partial charge in [0, 0.05) is 12.4 Å². The highest BCUT2D eigenvalue weighted by atomic mass is 35.5. The summed E-state index contributed by atoms with van der Waals surface area (Å²) in [4.78, 5) is 17.7. The summed E-state index contributed by atoms with van der Waals surface area (Å²) in [6.07, 6.45) is 3.31. The first-order chi connectivity index (χ1) is 5.17. The van der Waals surface area contributed by atoms with Crippen LogP contribution < -0.4 is 0 Å². The molecule has 0 N–H and O–H groups in total. The third kappa shape index (κ3) is 1.88. The van der Waals surface area contributed by atoms with Crippen LogP contribution in [0, 0.1) is 0 Å². The number of nitrogens with zero attached hydrogens (tertiary/aromatic N) is 2. The Kier molecular flexibility index (Phi) is 2.42. The van der Waals surface area contributed by atoms with Gasteiger partial charge in [0.05, 0.1) is 0 Å². The molecule has 11 heavy (non-hydrogen) atoms. The molecule has 0 bridgehead atoms. The molecule has 0 spiro atoms. The lowest BCUT2D eigenvalue weighted by Gasteiger charge is -2.07. The van der Waals surface area contributed by atoms with Gasteiger partial charge >= 0.3 is 0 Å². The van der Waals surface area contributed by atoms with Gasteiger partial charge in [0.1, 0.15) is 0 Å². The van der Waals surface area contributed by atoms with E-state index in [1.54, 1.807) is 6.07 Å². The Morgan fingerprint density at radius 2 is 1.91 bits per heavy atom. The molecule has 0 fully saturated rings. The van der Waals surface area contributed by atoms with Crippen LogP contribution in [0.15, 0.2) is 18.5 Å². The van der Waals surface area contributed by atoms with Gasteiger partial charge < -0.3 is 0 Å². The number of halogens is 2. The van der Waals surface area contributed by atoms with Gasteiger partial charge in [-0.15, -0.1) is 0 Å². The van der Waals surface area contributed by atoms with Crippen LogP contribution >= 0.6 is 23.2 Å². The minimum Gasteiger partial charge on any atom is -0.299 e. The minimum atomic E-state index is -1.62. The van der Waals surface area contributed by atoms with Crippen LogP contribution in [0.25, 0.3) is 0 Å². The summed E-state index contributed by atoms with van der Waals surface area (Å²) < 4.78 is -1.62. The molecule has 0 atom stereocenters. The monoisotopic (exact) mass is 190 g/mol. The molecular weight excluding hydrogens is 187 g/mol. The molecule has 0 unspecified atom stereocenters. The third-order valence-corrected chi connectivity index (χ3v) is 1.53. The van der Waals surface area contributed by atoms with Crippen molar-refractivity contribution >= 4 is 29.5 Å². The van der Waals surface area contributed by atoms with Crippen LogP contribution in [0.3, 0.4) is 0 Å². The number of hydrogen-bond acceptors (Lipinski definition) is 3. The van der Waals surface area contributed by atoms with E-state index >= 15 is 0 Å². The largest absolute Gasteiger partial charge is 0.299 e. The smallest absolute Gasteiger partial charge is 0.231 e. The van der Waals surface area contributed by atoms with Gasteiger partial charge in [-0.25, -0.2) is 9.97 Å². The molecule has 1 rings (SSSR count). The van der Waals surface area contributed by atoms with Crippen molar-refractivity contribution in [3.63, 3.8) is 0 Å². The Hall–Kier alpha value is -0.670. The van der Waals surface area contributed by atoms with Gasteiger partial charge in [0.25, 0.3) is 0 Å². The maximum atomic E-state index is 10.3. The van der Waals surface area contributed by atoms with Crippen LogP contribution in [-0.4, -0.2) is 16.3 Å². The average Bonchev–Trinajstić information content (AvgIpc) is 2.06. The fraction of sp³-hybridized carbons (Fsp3) is 0.167. The van der Waals surface area contributed by atoms with Crippen LogP contribution in [0.1, 0.15) is 5.82 Å². The highest BCUT2D eigenvalue weighted by Crippen LogP contribution is 2.27. The van der Waals surface area contributed by atoms with Crippen molar-refractivity contribution in [1.29, 1.82) is 0 Å². The van der Waals surface area contributed by atoms with E-state index in [9.17, 15) is 4.79 Å². The Labute approximate surface area is 73.4 Å². The van der Waals surface area contributed by atoms with E-state index in [1.807, 2.05) is 0 Å². The zero-order valence-corrected chi connectivity index (χ0v) is 6.88. The van der Waals surface area contributed by atoms with Gasteiger partial charge in [0.15, 0.2) is 12.1 Å². The quantitative estimate of drug-likeness (QED) is 0.522. The summed E-state index contributed by atoms with van der Waals surface area (Å²) in [6, 6.07) is 1.61. The Balaban J connectivity index is 3.02. The average molecular weight is 191 g/mol. The number of aldehydes is 1. The summed E-state index contributed by atoms with van der Waals surface area (Å²) in [5.41, 5.74) is 0. The van der Waals surface area contributed by atoms with Gasteiger partial charge in [-0.1, -0.05) is 23.2 Å². The zero-order valence-electron chi connectivity index (χ0n) is 5.37. The van der Waals surface area contributed by atoms with Crippen molar-refractivity contribution in [1.82, 2.24) is 9.97 Å². The summed E-state index contributed by atoms with van der Waals surface area (Å²) >= 11 is 11.0. The van der Waals surface area contributed by atoms with Crippen molar-refractivity contribution in [3.05, 3.63) is 24.3 Å². The molecular formula is C6H4Cl2N2O. The summed E-state index contributed by atoms with van der Waals surface area (Å²) in [5.74, 6) is 0.0957. The Morgan fingerprint density at radius 3 is 2.36 bits per heavy atom. The number of alkyl halides is 2.